The first-order valence-corrected chi connectivity index (χ1v) is 7.15. The summed E-state index contributed by atoms with van der Waals surface area (Å²) in [5, 5.41) is 3.49. The summed E-state index contributed by atoms with van der Waals surface area (Å²) in [7, 11) is 0. The van der Waals surface area contributed by atoms with Crippen LogP contribution >= 0.6 is 0 Å². The minimum atomic E-state index is -2.77. The lowest BCUT2D eigenvalue weighted by atomic mass is 9.97. The lowest BCUT2D eigenvalue weighted by molar-refractivity contribution is -0.0498. The van der Waals surface area contributed by atoms with E-state index >= 15 is 0 Å². The standard InChI is InChI=1S/C15H22F2N2O/c1-3-18-12-8-9-19(11(2)10-12)13-4-6-14(7-5-13)20-15(16)17/h4-7,11-12,15,18H,3,8-10H2,1-2H3. The summed E-state index contributed by atoms with van der Waals surface area (Å²) in [6, 6.07) is 7.92. The van der Waals surface area contributed by atoms with Gasteiger partial charge >= 0.3 is 6.61 Å². The number of alkyl halides is 2. The molecular weight excluding hydrogens is 262 g/mol. The average Bonchev–Trinajstić information content (AvgIpc) is 2.40. The molecule has 2 rings (SSSR count). The van der Waals surface area contributed by atoms with E-state index in [9.17, 15) is 8.78 Å². The Kier molecular flexibility index (Phi) is 5.17. The van der Waals surface area contributed by atoms with Crippen LogP contribution in [0.2, 0.25) is 0 Å². The summed E-state index contributed by atoms with van der Waals surface area (Å²) in [4.78, 5) is 2.32. The number of nitrogens with zero attached hydrogens (tertiary/aromatic N) is 1. The van der Waals surface area contributed by atoms with Crippen molar-refractivity contribution in [1.82, 2.24) is 5.32 Å². The summed E-state index contributed by atoms with van der Waals surface area (Å²) in [5.74, 6) is 0.207. The monoisotopic (exact) mass is 284 g/mol. The summed E-state index contributed by atoms with van der Waals surface area (Å²) in [6.07, 6.45) is 2.20. The largest absolute Gasteiger partial charge is 0.435 e. The lowest BCUT2D eigenvalue weighted by Crippen LogP contribution is -2.47. The van der Waals surface area contributed by atoms with E-state index in [1.807, 2.05) is 12.1 Å². The molecule has 5 heteroatoms. The topological polar surface area (TPSA) is 24.5 Å². The molecule has 0 spiro atoms. The minimum Gasteiger partial charge on any atom is -0.435 e. The van der Waals surface area contributed by atoms with Gasteiger partial charge in [-0.05, 0) is 50.6 Å². The molecule has 1 aliphatic rings. The molecule has 0 aromatic heterocycles. The predicted octanol–water partition coefficient (Wildman–Crippen LogP) is 3.25. The smallest absolute Gasteiger partial charge is 0.387 e. The number of piperidine rings is 1. The molecule has 112 valence electrons. The van der Waals surface area contributed by atoms with Crippen molar-refractivity contribution in [3.63, 3.8) is 0 Å². The fraction of sp³-hybridized carbons (Fsp3) is 0.600. The van der Waals surface area contributed by atoms with E-state index in [4.69, 9.17) is 0 Å². The molecule has 1 fully saturated rings. The van der Waals surface area contributed by atoms with E-state index in [0.29, 0.717) is 12.1 Å². The van der Waals surface area contributed by atoms with Crippen molar-refractivity contribution in [2.45, 2.75) is 45.4 Å². The second-order valence-corrected chi connectivity index (χ2v) is 5.19. The van der Waals surface area contributed by atoms with Crippen LogP contribution in [-0.2, 0) is 0 Å². The molecule has 0 aliphatic carbocycles. The summed E-state index contributed by atoms with van der Waals surface area (Å²) in [6.45, 7) is 3.53. The fourth-order valence-corrected chi connectivity index (χ4v) is 2.85. The molecule has 0 amide bonds. The molecule has 2 atom stereocenters. The van der Waals surface area contributed by atoms with Crippen molar-refractivity contribution >= 4 is 5.69 Å². The van der Waals surface area contributed by atoms with Crippen molar-refractivity contribution in [2.75, 3.05) is 18.0 Å². The third-order valence-corrected chi connectivity index (χ3v) is 3.76. The maximum Gasteiger partial charge on any atom is 0.387 e. The van der Waals surface area contributed by atoms with Gasteiger partial charge in [0, 0.05) is 24.3 Å². The van der Waals surface area contributed by atoms with E-state index in [1.165, 1.54) is 0 Å². The zero-order valence-corrected chi connectivity index (χ0v) is 12.0. The number of nitrogens with one attached hydrogen (secondary N) is 1. The minimum absolute atomic E-state index is 0.207. The van der Waals surface area contributed by atoms with Crippen molar-refractivity contribution < 1.29 is 13.5 Å². The quantitative estimate of drug-likeness (QED) is 0.898. The number of hydrogen-bond donors (Lipinski definition) is 1. The first kappa shape index (κ1) is 15.0. The molecule has 20 heavy (non-hydrogen) atoms. The highest BCUT2D eigenvalue weighted by molar-refractivity contribution is 5.50. The van der Waals surface area contributed by atoms with Crippen molar-refractivity contribution in [1.29, 1.82) is 0 Å². The van der Waals surface area contributed by atoms with E-state index in [0.717, 1.165) is 31.6 Å². The van der Waals surface area contributed by atoms with E-state index < -0.39 is 6.61 Å². The zero-order chi connectivity index (χ0) is 14.5. The second kappa shape index (κ2) is 6.88. The van der Waals surface area contributed by atoms with Gasteiger partial charge in [0.15, 0.2) is 0 Å². The van der Waals surface area contributed by atoms with Crippen molar-refractivity contribution in [3.8, 4) is 5.75 Å². The molecule has 0 radical (unpaired) electrons. The molecule has 0 saturated carbocycles. The molecule has 1 N–H and O–H groups in total. The van der Waals surface area contributed by atoms with Gasteiger partial charge in [0.25, 0.3) is 0 Å². The Morgan fingerprint density at radius 3 is 2.60 bits per heavy atom. The van der Waals surface area contributed by atoms with Gasteiger partial charge in [-0.15, -0.1) is 0 Å². The molecule has 3 nitrogen and oxygen atoms in total. The first-order valence-electron chi connectivity index (χ1n) is 7.15. The number of benzene rings is 1. The second-order valence-electron chi connectivity index (χ2n) is 5.19. The van der Waals surface area contributed by atoms with Gasteiger partial charge in [0.1, 0.15) is 5.75 Å². The molecule has 1 heterocycles. The van der Waals surface area contributed by atoms with Crippen LogP contribution in [-0.4, -0.2) is 31.8 Å². The molecule has 1 aromatic rings. The number of halogens is 2. The maximum absolute atomic E-state index is 12.1. The Hall–Kier alpha value is -1.36. The van der Waals surface area contributed by atoms with Gasteiger partial charge in [-0.3, -0.25) is 0 Å². The predicted molar refractivity (Wildman–Crippen MR) is 76.6 cm³/mol. The van der Waals surface area contributed by atoms with Crippen molar-refractivity contribution in [3.05, 3.63) is 24.3 Å². The van der Waals surface area contributed by atoms with E-state index in [-0.39, 0.29) is 5.75 Å². The Morgan fingerprint density at radius 2 is 2.05 bits per heavy atom. The molecular formula is C15H22F2N2O. The van der Waals surface area contributed by atoms with Crippen molar-refractivity contribution in [2.24, 2.45) is 0 Å². The Balaban J connectivity index is 1.98. The summed E-state index contributed by atoms with van der Waals surface area (Å²) in [5.41, 5.74) is 1.06. The Morgan fingerprint density at radius 1 is 1.35 bits per heavy atom. The number of anilines is 1. The van der Waals surface area contributed by atoms with Crippen LogP contribution in [0.4, 0.5) is 14.5 Å². The molecule has 1 aromatic carbocycles. The van der Waals surface area contributed by atoms with Gasteiger partial charge < -0.3 is 15.0 Å². The van der Waals surface area contributed by atoms with Crippen LogP contribution in [0.5, 0.6) is 5.75 Å². The van der Waals surface area contributed by atoms with Crippen LogP contribution in [0.1, 0.15) is 26.7 Å². The van der Waals surface area contributed by atoms with Crippen LogP contribution in [0.3, 0.4) is 0 Å². The van der Waals surface area contributed by atoms with Gasteiger partial charge in [-0.1, -0.05) is 6.92 Å². The summed E-state index contributed by atoms with van der Waals surface area (Å²) < 4.78 is 28.6. The van der Waals surface area contributed by atoms with Crippen LogP contribution in [0.25, 0.3) is 0 Å². The van der Waals surface area contributed by atoms with Crippen LogP contribution in [0.15, 0.2) is 24.3 Å². The van der Waals surface area contributed by atoms with Gasteiger partial charge in [-0.2, -0.15) is 8.78 Å². The third-order valence-electron chi connectivity index (χ3n) is 3.76. The number of hydrogen-bond acceptors (Lipinski definition) is 3. The lowest BCUT2D eigenvalue weighted by Gasteiger charge is -2.39. The SMILES string of the molecule is CCNC1CCN(c2ccc(OC(F)F)cc2)C(C)C1. The highest BCUT2D eigenvalue weighted by Crippen LogP contribution is 2.27. The van der Waals surface area contributed by atoms with Gasteiger partial charge in [-0.25, -0.2) is 0 Å². The van der Waals surface area contributed by atoms with Gasteiger partial charge in [0.05, 0.1) is 0 Å². The van der Waals surface area contributed by atoms with E-state index in [2.05, 4.69) is 28.8 Å². The van der Waals surface area contributed by atoms with E-state index in [1.54, 1.807) is 12.1 Å². The third kappa shape index (κ3) is 3.82. The average molecular weight is 284 g/mol. The van der Waals surface area contributed by atoms with Gasteiger partial charge in [0.2, 0.25) is 0 Å². The maximum atomic E-state index is 12.1. The Bertz CT molecular complexity index is 411. The fourth-order valence-electron chi connectivity index (χ4n) is 2.85. The molecule has 2 unspecified atom stereocenters. The number of rotatable bonds is 5. The molecule has 0 bridgehead atoms. The summed E-state index contributed by atoms with van der Waals surface area (Å²) >= 11 is 0. The van der Waals surface area contributed by atoms with Crippen LogP contribution in [0, 0.1) is 0 Å². The molecule has 1 saturated heterocycles. The first-order chi connectivity index (χ1) is 9.60. The normalized spacial score (nSPS) is 23.1. The zero-order valence-electron chi connectivity index (χ0n) is 12.0. The Labute approximate surface area is 118 Å². The highest BCUT2D eigenvalue weighted by Gasteiger charge is 2.24. The van der Waals surface area contributed by atoms with Crippen LogP contribution < -0.4 is 15.0 Å². The number of ether oxygens (including phenoxy) is 1. The highest BCUT2D eigenvalue weighted by atomic mass is 19.3. The molecule has 1 aliphatic heterocycles.